The van der Waals surface area contributed by atoms with Crippen molar-refractivity contribution in [3.8, 4) is 0 Å². The van der Waals surface area contributed by atoms with Gasteiger partial charge in [-0.05, 0) is 54.8 Å². The molecule has 0 atom stereocenters. The highest BCUT2D eigenvalue weighted by Gasteiger charge is 2.14. The van der Waals surface area contributed by atoms with Crippen LogP contribution in [-0.4, -0.2) is 26.4 Å². The predicted octanol–water partition coefficient (Wildman–Crippen LogP) is 6.55. The molecule has 0 aliphatic rings. The Morgan fingerprint density at radius 3 is 2.53 bits per heavy atom. The van der Waals surface area contributed by atoms with E-state index < -0.39 is 0 Å². The molecule has 0 aliphatic heterocycles. The SMILES string of the molecule is C=CCn1c(CSCc2ccc(Cl)c(Cl)c2)nnc1SCC(=O)Nc1cc(C)cc(C)c1. The molecule has 0 aliphatic carbocycles. The van der Waals surface area contributed by atoms with Crippen LogP contribution in [0.2, 0.25) is 10.0 Å². The van der Waals surface area contributed by atoms with E-state index in [9.17, 15) is 4.79 Å². The van der Waals surface area contributed by atoms with Crippen molar-refractivity contribution in [1.29, 1.82) is 0 Å². The summed E-state index contributed by atoms with van der Waals surface area (Å²) >= 11 is 15.1. The van der Waals surface area contributed by atoms with Gasteiger partial charge in [-0.1, -0.05) is 53.2 Å². The minimum atomic E-state index is -0.0799. The van der Waals surface area contributed by atoms with E-state index in [0.29, 0.717) is 27.5 Å². The van der Waals surface area contributed by atoms with Crippen molar-refractivity contribution in [3.05, 3.63) is 81.6 Å². The largest absolute Gasteiger partial charge is 0.325 e. The first-order chi connectivity index (χ1) is 15.4. The van der Waals surface area contributed by atoms with E-state index >= 15 is 0 Å². The molecule has 1 N–H and O–H groups in total. The van der Waals surface area contributed by atoms with E-state index in [2.05, 4.69) is 28.2 Å². The Kier molecular flexibility index (Phi) is 9.11. The number of carbonyl (C=O) groups excluding carboxylic acids is 1. The number of benzene rings is 2. The number of hydrogen-bond acceptors (Lipinski definition) is 5. The molecule has 0 bridgehead atoms. The smallest absolute Gasteiger partial charge is 0.234 e. The molecule has 168 valence electrons. The normalized spacial score (nSPS) is 10.9. The number of aromatic nitrogens is 3. The van der Waals surface area contributed by atoms with Crippen molar-refractivity contribution in [2.45, 2.75) is 37.1 Å². The molecule has 9 heteroatoms. The molecule has 1 amide bonds. The predicted molar refractivity (Wildman–Crippen MR) is 137 cm³/mol. The molecule has 3 aromatic rings. The lowest BCUT2D eigenvalue weighted by atomic mass is 10.1. The third kappa shape index (κ3) is 7.04. The van der Waals surface area contributed by atoms with E-state index in [1.54, 1.807) is 23.9 Å². The second-order valence-corrected chi connectivity index (χ2v) is 10.00. The topological polar surface area (TPSA) is 59.8 Å². The van der Waals surface area contributed by atoms with Gasteiger partial charge in [0.05, 0.1) is 21.6 Å². The Morgan fingerprint density at radius 1 is 1.09 bits per heavy atom. The summed E-state index contributed by atoms with van der Waals surface area (Å²) in [6.07, 6.45) is 1.80. The zero-order valence-corrected chi connectivity index (χ0v) is 21.0. The lowest BCUT2D eigenvalue weighted by molar-refractivity contribution is -0.113. The van der Waals surface area contributed by atoms with Crippen molar-refractivity contribution in [1.82, 2.24) is 14.8 Å². The second kappa shape index (κ2) is 11.8. The summed E-state index contributed by atoms with van der Waals surface area (Å²) in [6.45, 7) is 8.43. The van der Waals surface area contributed by atoms with Gasteiger partial charge in [0.1, 0.15) is 5.82 Å². The molecule has 5 nitrogen and oxygen atoms in total. The minimum Gasteiger partial charge on any atom is -0.325 e. The first kappa shape index (κ1) is 24.7. The highest BCUT2D eigenvalue weighted by Crippen LogP contribution is 2.26. The average molecular weight is 508 g/mol. The molecule has 0 radical (unpaired) electrons. The van der Waals surface area contributed by atoms with Gasteiger partial charge in [0.15, 0.2) is 5.16 Å². The maximum atomic E-state index is 12.4. The van der Waals surface area contributed by atoms with Crippen LogP contribution in [0.4, 0.5) is 5.69 Å². The number of halogens is 2. The van der Waals surface area contributed by atoms with Crippen molar-refractivity contribution in [2.75, 3.05) is 11.1 Å². The van der Waals surface area contributed by atoms with Gasteiger partial charge in [0.25, 0.3) is 0 Å². The molecule has 0 saturated carbocycles. The maximum absolute atomic E-state index is 12.4. The van der Waals surface area contributed by atoms with Crippen LogP contribution in [0, 0.1) is 13.8 Å². The van der Waals surface area contributed by atoms with Gasteiger partial charge < -0.3 is 9.88 Å². The minimum absolute atomic E-state index is 0.0799. The third-order valence-corrected chi connectivity index (χ3v) is 7.13. The van der Waals surface area contributed by atoms with Crippen LogP contribution in [0.5, 0.6) is 0 Å². The van der Waals surface area contributed by atoms with Gasteiger partial charge in [-0.3, -0.25) is 4.79 Å². The molecule has 0 saturated heterocycles. The highest BCUT2D eigenvalue weighted by atomic mass is 35.5. The average Bonchev–Trinajstić information content (AvgIpc) is 3.10. The third-order valence-electron chi connectivity index (χ3n) is 4.43. The van der Waals surface area contributed by atoms with Gasteiger partial charge in [-0.2, -0.15) is 0 Å². The Hall–Kier alpha value is -1.93. The molecule has 32 heavy (non-hydrogen) atoms. The first-order valence-electron chi connectivity index (χ1n) is 9.91. The quantitative estimate of drug-likeness (QED) is 0.249. The summed E-state index contributed by atoms with van der Waals surface area (Å²) in [6, 6.07) is 11.6. The van der Waals surface area contributed by atoms with Crippen LogP contribution in [0.15, 0.2) is 54.2 Å². The standard InChI is InChI=1S/C23H24Cl2N4OS2/c1-4-7-29-21(13-31-12-17-5-6-19(24)20(25)11-17)27-28-23(29)32-14-22(30)26-18-9-15(2)8-16(3)10-18/h4-6,8-11H,1,7,12-14H2,2-3H3,(H,26,30). The van der Waals surface area contributed by atoms with Crippen LogP contribution in [-0.2, 0) is 22.8 Å². The fourth-order valence-electron chi connectivity index (χ4n) is 3.11. The summed E-state index contributed by atoms with van der Waals surface area (Å²) in [7, 11) is 0. The zero-order chi connectivity index (χ0) is 23.1. The lowest BCUT2D eigenvalue weighted by Crippen LogP contribution is -2.15. The first-order valence-corrected chi connectivity index (χ1v) is 12.8. The number of carbonyl (C=O) groups is 1. The molecule has 2 aromatic carbocycles. The Bertz CT molecular complexity index is 1100. The van der Waals surface area contributed by atoms with Crippen molar-refractivity contribution in [2.24, 2.45) is 0 Å². The Morgan fingerprint density at radius 2 is 1.84 bits per heavy atom. The fourth-order valence-corrected chi connectivity index (χ4v) is 5.11. The Balaban J connectivity index is 1.57. The number of anilines is 1. The zero-order valence-electron chi connectivity index (χ0n) is 17.9. The van der Waals surface area contributed by atoms with Crippen LogP contribution in [0.25, 0.3) is 0 Å². The summed E-state index contributed by atoms with van der Waals surface area (Å²) in [4.78, 5) is 12.4. The summed E-state index contributed by atoms with van der Waals surface area (Å²) in [5.41, 5.74) is 4.13. The molecule has 0 spiro atoms. The Labute approximate surface area is 207 Å². The van der Waals surface area contributed by atoms with Gasteiger partial charge in [0.2, 0.25) is 5.91 Å². The lowest BCUT2D eigenvalue weighted by Gasteiger charge is -2.09. The molecular formula is C23H24Cl2N4OS2. The summed E-state index contributed by atoms with van der Waals surface area (Å²) in [5, 5.41) is 13.4. The van der Waals surface area contributed by atoms with E-state index in [1.807, 2.05) is 42.7 Å². The van der Waals surface area contributed by atoms with Crippen LogP contribution >= 0.6 is 46.7 Å². The maximum Gasteiger partial charge on any atom is 0.234 e. The number of allylic oxidation sites excluding steroid dienone is 1. The molecular weight excluding hydrogens is 483 g/mol. The number of hydrogen-bond donors (Lipinski definition) is 1. The number of aryl methyl sites for hydroxylation is 2. The number of nitrogens with one attached hydrogen (secondary N) is 1. The van der Waals surface area contributed by atoms with Crippen LogP contribution in [0.1, 0.15) is 22.5 Å². The molecule has 1 heterocycles. The summed E-state index contributed by atoms with van der Waals surface area (Å²) in [5.74, 6) is 2.46. The van der Waals surface area contributed by atoms with Gasteiger partial charge in [0, 0.05) is 18.0 Å². The summed E-state index contributed by atoms with van der Waals surface area (Å²) < 4.78 is 1.99. The van der Waals surface area contributed by atoms with Crippen LogP contribution < -0.4 is 5.32 Å². The van der Waals surface area contributed by atoms with Crippen molar-refractivity contribution in [3.63, 3.8) is 0 Å². The van der Waals surface area contributed by atoms with Crippen molar-refractivity contribution < 1.29 is 4.79 Å². The van der Waals surface area contributed by atoms with Gasteiger partial charge >= 0.3 is 0 Å². The van der Waals surface area contributed by atoms with Crippen LogP contribution in [0.3, 0.4) is 0 Å². The molecule has 0 unspecified atom stereocenters. The number of amides is 1. The van der Waals surface area contributed by atoms with E-state index in [4.69, 9.17) is 23.2 Å². The second-order valence-electron chi connectivity index (χ2n) is 7.25. The molecule has 0 fully saturated rings. The monoisotopic (exact) mass is 506 g/mol. The fraction of sp³-hybridized carbons (Fsp3) is 0.261. The number of rotatable bonds is 10. The molecule has 3 rings (SSSR count). The number of thioether (sulfide) groups is 2. The van der Waals surface area contributed by atoms with Crippen molar-refractivity contribution >= 4 is 58.3 Å². The van der Waals surface area contributed by atoms with E-state index in [-0.39, 0.29) is 11.7 Å². The van der Waals surface area contributed by atoms with E-state index in [1.165, 1.54) is 11.8 Å². The van der Waals surface area contributed by atoms with Gasteiger partial charge in [-0.25, -0.2) is 0 Å². The number of nitrogens with zero attached hydrogens (tertiary/aromatic N) is 3. The van der Waals surface area contributed by atoms with E-state index in [0.717, 1.165) is 34.0 Å². The highest BCUT2D eigenvalue weighted by molar-refractivity contribution is 7.99. The van der Waals surface area contributed by atoms with Gasteiger partial charge in [-0.15, -0.1) is 28.5 Å². The molecule has 1 aromatic heterocycles.